The van der Waals surface area contributed by atoms with E-state index in [1.54, 1.807) is 0 Å². The van der Waals surface area contributed by atoms with E-state index >= 15 is 0 Å². The molecule has 0 radical (unpaired) electrons. The Bertz CT molecular complexity index is 431. The van der Waals surface area contributed by atoms with Gasteiger partial charge in [0.1, 0.15) is 4.88 Å². The van der Waals surface area contributed by atoms with Crippen molar-refractivity contribution < 1.29 is 4.79 Å². The van der Waals surface area contributed by atoms with Crippen molar-refractivity contribution in [1.82, 2.24) is 14.5 Å². The van der Waals surface area contributed by atoms with Crippen LogP contribution < -0.4 is 5.73 Å². The molecule has 0 aliphatic carbocycles. The Morgan fingerprint density at radius 2 is 2.28 bits per heavy atom. The average Bonchev–Trinajstić information content (AvgIpc) is 2.77. The average molecular weight is 268 g/mol. The number of carbonyl (C=O) groups is 1. The first-order chi connectivity index (χ1) is 8.50. The smallest absolute Gasteiger partial charge is 0.267 e. The molecule has 0 saturated carbocycles. The van der Waals surface area contributed by atoms with E-state index in [4.69, 9.17) is 5.73 Å². The van der Waals surface area contributed by atoms with Crippen LogP contribution in [0.25, 0.3) is 0 Å². The van der Waals surface area contributed by atoms with Gasteiger partial charge in [-0.3, -0.25) is 4.79 Å². The minimum Gasteiger partial charge on any atom is -0.335 e. The molecular weight excluding hydrogens is 248 g/mol. The third-order valence-electron chi connectivity index (χ3n) is 3.43. The van der Waals surface area contributed by atoms with Gasteiger partial charge in [0.05, 0.1) is 5.69 Å². The van der Waals surface area contributed by atoms with E-state index < -0.39 is 0 Å². The number of rotatable bonds is 2. The van der Waals surface area contributed by atoms with Crippen molar-refractivity contribution in [3.05, 3.63) is 10.6 Å². The molecule has 1 aromatic rings. The molecule has 6 heteroatoms. The Labute approximate surface area is 112 Å². The molecular formula is C12H20N4OS. The number of nitrogens with two attached hydrogens (primary N) is 1. The summed E-state index contributed by atoms with van der Waals surface area (Å²) in [5, 5.41) is 4.07. The number of nitrogens with zero attached hydrogens (tertiary/aromatic N) is 3. The summed E-state index contributed by atoms with van der Waals surface area (Å²) in [5.74, 6) is 0.290. The molecule has 1 aliphatic rings. The van der Waals surface area contributed by atoms with Crippen LogP contribution in [-0.2, 0) is 0 Å². The molecule has 2 rings (SSSR count). The molecule has 1 fully saturated rings. The summed E-state index contributed by atoms with van der Waals surface area (Å²) in [6, 6.07) is 0.413. The van der Waals surface area contributed by atoms with E-state index in [0.717, 1.165) is 25.1 Å². The maximum Gasteiger partial charge on any atom is 0.267 e. The number of carbonyl (C=O) groups excluding carboxylic acids is 1. The van der Waals surface area contributed by atoms with Gasteiger partial charge in [-0.2, -0.15) is 0 Å². The van der Waals surface area contributed by atoms with Gasteiger partial charge < -0.3 is 10.6 Å². The van der Waals surface area contributed by atoms with Crippen LogP contribution in [0.4, 0.5) is 0 Å². The first kappa shape index (κ1) is 13.4. The zero-order chi connectivity index (χ0) is 13.3. The van der Waals surface area contributed by atoms with Gasteiger partial charge in [0.25, 0.3) is 5.91 Å². The fourth-order valence-corrected chi connectivity index (χ4v) is 3.14. The molecule has 18 heavy (non-hydrogen) atoms. The molecule has 0 bridgehead atoms. The predicted octanol–water partition coefficient (Wildman–Crippen LogP) is 1.61. The van der Waals surface area contributed by atoms with Crippen LogP contribution in [0.1, 0.15) is 54.9 Å². The topological polar surface area (TPSA) is 72.1 Å². The Hall–Kier alpha value is -1.01. The van der Waals surface area contributed by atoms with Gasteiger partial charge in [-0.25, -0.2) is 0 Å². The molecule has 1 aliphatic heterocycles. The highest BCUT2D eigenvalue weighted by atomic mass is 32.1. The zero-order valence-electron chi connectivity index (χ0n) is 11.1. The van der Waals surface area contributed by atoms with Crippen LogP contribution in [0.5, 0.6) is 0 Å². The quantitative estimate of drug-likeness (QED) is 0.884. The fraction of sp³-hybridized carbons (Fsp3) is 0.750. The molecule has 0 spiro atoms. The highest BCUT2D eigenvalue weighted by molar-refractivity contribution is 7.08. The van der Waals surface area contributed by atoms with Crippen molar-refractivity contribution in [2.75, 3.05) is 6.54 Å². The van der Waals surface area contributed by atoms with Crippen molar-refractivity contribution in [1.29, 1.82) is 0 Å². The van der Waals surface area contributed by atoms with Crippen LogP contribution in [0.15, 0.2) is 0 Å². The molecule has 1 amide bonds. The monoisotopic (exact) mass is 268 g/mol. The van der Waals surface area contributed by atoms with Gasteiger partial charge in [-0.05, 0) is 37.2 Å². The minimum atomic E-state index is 0.0631. The summed E-state index contributed by atoms with van der Waals surface area (Å²) in [6.07, 6.45) is 1.74. The number of hydrogen-bond donors (Lipinski definition) is 1. The standard InChI is InChI=1S/C12H20N4OS/c1-7(2)10-11(18-15-14-10)12(17)16-5-4-9(13)6-8(16)3/h7-9H,4-6,13H2,1-3H3. The molecule has 2 heterocycles. The summed E-state index contributed by atoms with van der Waals surface area (Å²) in [6.45, 7) is 6.85. The van der Waals surface area contributed by atoms with Crippen LogP contribution in [0.3, 0.4) is 0 Å². The number of likely N-dealkylation sites (tertiary alicyclic amines) is 1. The summed E-state index contributed by atoms with van der Waals surface area (Å²) in [5.41, 5.74) is 6.74. The molecule has 1 saturated heterocycles. The Kier molecular flexibility index (Phi) is 3.97. The molecule has 100 valence electrons. The van der Waals surface area contributed by atoms with E-state index in [1.165, 1.54) is 11.5 Å². The largest absolute Gasteiger partial charge is 0.335 e. The van der Waals surface area contributed by atoms with E-state index in [9.17, 15) is 4.79 Å². The minimum absolute atomic E-state index is 0.0631. The summed E-state index contributed by atoms with van der Waals surface area (Å²) >= 11 is 1.20. The molecule has 2 unspecified atom stereocenters. The molecule has 1 aromatic heterocycles. The van der Waals surface area contributed by atoms with Gasteiger partial charge >= 0.3 is 0 Å². The lowest BCUT2D eigenvalue weighted by Gasteiger charge is -2.36. The Morgan fingerprint density at radius 1 is 1.56 bits per heavy atom. The highest BCUT2D eigenvalue weighted by Crippen LogP contribution is 2.25. The molecule has 2 atom stereocenters. The van der Waals surface area contributed by atoms with Crippen LogP contribution >= 0.6 is 11.5 Å². The SMILES string of the molecule is CC(C)c1nnsc1C(=O)N1CCC(N)CC1C. The summed E-state index contributed by atoms with van der Waals surface area (Å²) in [7, 11) is 0. The normalized spacial score (nSPS) is 24.6. The lowest BCUT2D eigenvalue weighted by atomic mass is 9.98. The van der Waals surface area contributed by atoms with Crippen molar-refractivity contribution in [3.63, 3.8) is 0 Å². The van der Waals surface area contributed by atoms with Crippen LogP contribution in [0, 0.1) is 0 Å². The van der Waals surface area contributed by atoms with Crippen molar-refractivity contribution >= 4 is 17.4 Å². The molecule has 2 N–H and O–H groups in total. The second-order valence-corrected chi connectivity index (χ2v) is 6.03. The maximum atomic E-state index is 12.5. The number of aromatic nitrogens is 2. The van der Waals surface area contributed by atoms with Gasteiger partial charge in [-0.15, -0.1) is 5.10 Å². The Balaban J connectivity index is 2.18. The van der Waals surface area contributed by atoms with Gasteiger partial charge in [-0.1, -0.05) is 18.3 Å². The van der Waals surface area contributed by atoms with Crippen molar-refractivity contribution in [2.24, 2.45) is 5.73 Å². The molecule has 5 nitrogen and oxygen atoms in total. The maximum absolute atomic E-state index is 12.5. The predicted molar refractivity (Wildman–Crippen MR) is 71.7 cm³/mol. The van der Waals surface area contributed by atoms with E-state index in [0.29, 0.717) is 4.88 Å². The van der Waals surface area contributed by atoms with Gasteiger partial charge in [0.2, 0.25) is 0 Å². The first-order valence-corrected chi connectivity index (χ1v) is 7.16. The Morgan fingerprint density at radius 3 is 2.89 bits per heavy atom. The van der Waals surface area contributed by atoms with Gasteiger partial charge in [0.15, 0.2) is 0 Å². The number of hydrogen-bond acceptors (Lipinski definition) is 5. The summed E-state index contributed by atoms with van der Waals surface area (Å²) < 4.78 is 3.92. The third kappa shape index (κ3) is 2.54. The van der Waals surface area contributed by atoms with E-state index in [-0.39, 0.29) is 23.9 Å². The summed E-state index contributed by atoms with van der Waals surface area (Å²) in [4.78, 5) is 15.1. The van der Waals surface area contributed by atoms with Crippen molar-refractivity contribution in [2.45, 2.75) is 51.6 Å². The third-order valence-corrected chi connectivity index (χ3v) is 4.16. The molecule has 0 aromatic carbocycles. The number of amides is 1. The van der Waals surface area contributed by atoms with Crippen LogP contribution in [-0.4, -0.2) is 39.0 Å². The van der Waals surface area contributed by atoms with E-state index in [2.05, 4.69) is 16.5 Å². The zero-order valence-corrected chi connectivity index (χ0v) is 11.9. The highest BCUT2D eigenvalue weighted by Gasteiger charge is 2.30. The number of piperidine rings is 1. The lowest BCUT2D eigenvalue weighted by molar-refractivity contribution is 0.0622. The fourth-order valence-electron chi connectivity index (χ4n) is 2.36. The van der Waals surface area contributed by atoms with Crippen LogP contribution in [0.2, 0.25) is 0 Å². The van der Waals surface area contributed by atoms with Gasteiger partial charge in [0, 0.05) is 18.6 Å². The second kappa shape index (κ2) is 5.32. The van der Waals surface area contributed by atoms with Crippen molar-refractivity contribution in [3.8, 4) is 0 Å². The van der Waals surface area contributed by atoms with E-state index in [1.807, 2.05) is 18.7 Å². The lowest BCUT2D eigenvalue weighted by Crippen LogP contribution is -2.48. The second-order valence-electron chi connectivity index (χ2n) is 5.27. The first-order valence-electron chi connectivity index (χ1n) is 6.39.